The molecule has 0 spiro atoms. The quantitative estimate of drug-likeness (QED) is 0.798. The molecular formula is C13H15NO2. The first-order valence-electron chi connectivity index (χ1n) is 5.85. The molecule has 3 rings (SSSR count). The van der Waals surface area contributed by atoms with Gasteiger partial charge in [-0.2, -0.15) is 0 Å². The summed E-state index contributed by atoms with van der Waals surface area (Å²) in [6, 6.07) is 6.36. The molecule has 1 aromatic rings. The maximum absolute atomic E-state index is 10.8. The molecule has 1 saturated carbocycles. The molecule has 1 aromatic carbocycles. The molecule has 0 aromatic heterocycles. The third kappa shape index (κ3) is 1.56. The van der Waals surface area contributed by atoms with Crippen LogP contribution in [0.2, 0.25) is 0 Å². The smallest absolute Gasteiger partial charge is 0.307 e. The van der Waals surface area contributed by atoms with Gasteiger partial charge in [-0.05, 0) is 42.4 Å². The fraction of sp³-hybridized carbons (Fsp3) is 0.462. The van der Waals surface area contributed by atoms with E-state index < -0.39 is 5.97 Å². The second kappa shape index (κ2) is 3.51. The molecule has 3 nitrogen and oxygen atoms in total. The van der Waals surface area contributed by atoms with Crippen LogP contribution in [0.5, 0.6) is 0 Å². The van der Waals surface area contributed by atoms with Crippen molar-refractivity contribution in [2.24, 2.45) is 5.92 Å². The van der Waals surface area contributed by atoms with Crippen LogP contribution in [0.25, 0.3) is 0 Å². The number of aliphatic carboxylic acids is 1. The monoisotopic (exact) mass is 217 g/mol. The predicted octanol–water partition coefficient (Wildman–Crippen LogP) is 2.23. The number of hydrogen-bond acceptors (Lipinski definition) is 2. The Morgan fingerprint density at radius 2 is 2.31 bits per heavy atom. The molecule has 2 N–H and O–H groups in total. The van der Waals surface area contributed by atoms with Crippen molar-refractivity contribution >= 4 is 11.7 Å². The van der Waals surface area contributed by atoms with Gasteiger partial charge in [0.25, 0.3) is 0 Å². The summed E-state index contributed by atoms with van der Waals surface area (Å²) in [7, 11) is 0. The van der Waals surface area contributed by atoms with Gasteiger partial charge in [0, 0.05) is 12.2 Å². The molecule has 0 saturated heterocycles. The van der Waals surface area contributed by atoms with E-state index in [1.54, 1.807) is 0 Å². The Bertz CT molecular complexity index is 442. The highest BCUT2D eigenvalue weighted by Crippen LogP contribution is 2.48. The fourth-order valence-corrected chi connectivity index (χ4v) is 2.56. The largest absolute Gasteiger partial charge is 0.481 e. The average molecular weight is 217 g/mol. The number of fused-ring (bicyclic) bond motifs is 1. The minimum atomic E-state index is -0.652. The lowest BCUT2D eigenvalue weighted by Crippen LogP contribution is -2.11. The van der Waals surface area contributed by atoms with Gasteiger partial charge >= 0.3 is 5.97 Å². The van der Waals surface area contributed by atoms with E-state index in [-0.39, 0.29) is 11.8 Å². The van der Waals surface area contributed by atoms with Crippen LogP contribution in [0.3, 0.4) is 0 Å². The molecule has 16 heavy (non-hydrogen) atoms. The first kappa shape index (κ1) is 9.70. The third-order valence-corrected chi connectivity index (χ3v) is 3.60. The zero-order valence-corrected chi connectivity index (χ0v) is 9.07. The Hall–Kier alpha value is -1.51. The summed E-state index contributed by atoms with van der Waals surface area (Å²) in [5, 5.41) is 12.3. The molecule has 1 aliphatic carbocycles. The van der Waals surface area contributed by atoms with Crippen molar-refractivity contribution in [3.63, 3.8) is 0 Å². The van der Waals surface area contributed by atoms with Crippen LogP contribution in [0.4, 0.5) is 5.69 Å². The number of benzene rings is 1. The van der Waals surface area contributed by atoms with Crippen LogP contribution in [-0.4, -0.2) is 17.6 Å². The Labute approximate surface area is 94.5 Å². The van der Waals surface area contributed by atoms with E-state index in [2.05, 4.69) is 23.5 Å². The van der Waals surface area contributed by atoms with E-state index in [9.17, 15) is 4.79 Å². The van der Waals surface area contributed by atoms with Gasteiger partial charge in [0.1, 0.15) is 0 Å². The standard InChI is InChI=1S/C13H15NO2/c15-13(16)11-7-10(11)8-3-4-12-9(6-8)2-1-5-14-12/h3-4,6,10-11,14H,1-2,5,7H2,(H,15,16). The Morgan fingerprint density at radius 3 is 3.06 bits per heavy atom. The van der Waals surface area contributed by atoms with Crippen LogP contribution in [0.15, 0.2) is 18.2 Å². The van der Waals surface area contributed by atoms with Gasteiger partial charge in [-0.3, -0.25) is 4.79 Å². The number of hydrogen-bond donors (Lipinski definition) is 2. The van der Waals surface area contributed by atoms with E-state index in [1.165, 1.54) is 23.2 Å². The van der Waals surface area contributed by atoms with Crippen molar-refractivity contribution in [1.82, 2.24) is 0 Å². The highest BCUT2D eigenvalue weighted by molar-refractivity contribution is 5.75. The van der Waals surface area contributed by atoms with Crippen molar-refractivity contribution in [3.05, 3.63) is 29.3 Å². The van der Waals surface area contributed by atoms with Gasteiger partial charge in [0.05, 0.1) is 5.92 Å². The van der Waals surface area contributed by atoms with Crippen molar-refractivity contribution in [2.45, 2.75) is 25.2 Å². The fourth-order valence-electron chi connectivity index (χ4n) is 2.56. The summed E-state index contributed by atoms with van der Waals surface area (Å²) in [4.78, 5) is 10.8. The van der Waals surface area contributed by atoms with Crippen molar-refractivity contribution < 1.29 is 9.90 Å². The average Bonchev–Trinajstić information content (AvgIpc) is 3.08. The first-order valence-corrected chi connectivity index (χ1v) is 5.85. The highest BCUT2D eigenvalue weighted by Gasteiger charge is 2.44. The molecule has 2 unspecified atom stereocenters. The van der Waals surface area contributed by atoms with Gasteiger partial charge in [-0.1, -0.05) is 12.1 Å². The van der Waals surface area contributed by atoms with Crippen LogP contribution in [-0.2, 0) is 11.2 Å². The molecule has 1 heterocycles. The van der Waals surface area contributed by atoms with Gasteiger partial charge < -0.3 is 10.4 Å². The van der Waals surface area contributed by atoms with E-state index >= 15 is 0 Å². The van der Waals surface area contributed by atoms with Crippen LogP contribution in [0.1, 0.15) is 29.9 Å². The summed E-state index contributed by atoms with van der Waals surface area (Å²) < 4.78 is 0. The van der Waals surface area contributed by atoms with Gasteiger partial charge in [-0.25, -0.2) is 0 Å². The van der Waals surface area contributed by atoms with Crippen molar-refractivity contribution in [1.29, 1.82) is 0 Å². The van der Waals surface area contributed by atoms with Gasteiger partial charge in [-0.15, -0.1) is 0 Å². The maximum atomic E-state index is 10.8. The molecular weight excluding hydrogens is 202 g/mol. The lowest BCUT2D eigenvalue weighted by Gasteiger charge is -2.18. The van der Waals surface area contributed by atoms with Crippen molar-refractivity contribution in [2.75, 3.05) is 11.9 Å². The minimum absolute atomic E-state index is 0.144. The number of anilines is 1. The molecule has 0 bridgehead atoms. The second-order valence-electron chi connectivity index (χ2n) is 4.73. The van der Waals surface area contributed by atoms with E-state index in [0.29, 0.717) is 0 Å². The first-order chi connectivity index (χ1) is 7.75. The number of aryl methyl sites for hydroxylation is 1. The summed E-state index contributed by atoms with van der Waals surface area (Å²) in [5.41, 5.74) is 3.78. The number of rotatable bonds is 2. The molecule has 2 aliphatic rings. The zero-order valence-electron chi connectivity index (χ0n) is 9.07. The molecule has 3 heteroatoms. The zero-order chi connectivity index (χ0) is 11.1. The number of carbonyl (C=O) groups is 1. The van der Waals surface area contributed by atoms with E-state index in [4.69, 9.17) is 5.11 Å². The Kier molecular flexibility index (Phi) is 2.13. The Morgan fingerprint density at radius 1 is 1.44 bits per heavy atom. The summed E-state index contributed by atoms with van der Waals surface area (Å²) in [6.07, 6.45) is 3.09. The SMILES string of the molecule is O=C(O)C1CC1c1ccc2c(c1)CCCN2. The molecule has 2 atom stereocenters. The molecule has 1 fully saturated rings. The van der Waals surface area contributed by atoms with Gasteiger partial charge in [0.2, 0.25) is 0 Å². The third-order valence-electron chi connectivity index (χ3n) is 3.60. The summed E-state index contributed by atoms with van der Waals surface area (Å²) in [5.74, 6) is -0.542. The molecule has 0 radical (unpaired) electrons. The lowest BCUT2D eigenvalue weighted by atomic mass is 9.98. The van der Waals surface area contributed by atoms with Crippen LogP contribution >= 0.6 is 0 Å². The highest BCUT2D eigenvalue weighted by atomic mass is 16.4. The number of nitrogens with one attached hydrogen (secondary N) is 1. The van der Waals surface area contributed by atoms with E-state index in [1.807, 2.05) is 0 Å². The van der Waals surface area contributed by atoms with Crippen LogP contribution < -0.4 is 5.32 Å². The van der Waals surface area contributed by atoms with Crippen molar-refractivity contribution in [3.8, 4) is 0 Å². The lowest BCUT2D eigenvalue weighted by molar-refractivity contribution is -0.138. The summed E-state index contributed by atoms with van der Waals surface area (Å²) >= 11 is 0. The maximum Gasteiger partial charge on any atom is 0.307 e. The molecule has 1 aliphatic heterocycles. The van der Waals surface area contributed by atoms with Gasteiger partial charge in [0.15, 0.2) is 0 Å². The predicted molar refractivity (Wildman–Crippen MR) is 61.7 cm³/mol. The summed E-state index contributed by atoms with van der Waals surface area (Å²) in [6.45, 7) is 1.05. The van der Waals surface area contributed by atoms with E-state index in [0.717, 1.165) is 19.4 Å². The normalized spacial score (nSPS) is 26.8. The number of carboxylic acid groups (broad SMARTS) is 1. The molecule has 84 valence electrons. The Balaban J connectivity index is 1.85. The minimum Gasteiger partial charge on any atom is -0.481 e. The number of carboxylic acids is 1. The van der Waals surface area contributed by atoms with Crippen LogP contribution in [0, 0.1) is 5.92 Å². The second-order valence-corrected chi connectivity index (χ2v) is 4.73. The topological polar surface area (TPSA) is 49.3 Å². The molecule has 0 amide bonds.